The zero-order valence-electron chi connectivity index (χ0n) is 11.6. The van der Waals surface area contributed by atoms with Crippen LogP contribution < -0.4 is 0 Å². The minimum atomic E-state index is 0.195. The van der Waals surface area contributed by atoms with Crippen LogP contribution in [0.2, 0.25) is 0 Å². The minimum Gasteiger partial charge on any atom is -0.346 e. The van der Waals surface area contributed by atoms with Gasteiger partial charge >= 0.3 is 0 Å². The smallest absolute Gasteiger partial charge is 0.137 e. The van der Waals surface area contributed by atoms with E-state index in [1.165, 1.54) is 22.1 Å². The van der Waals surface area contributed by atoms with Gasteiger partial charge in [-0.15, -0.1) is 0 Å². The van der Waals surface area contributed by atoms with E-state index in [9.17, 15) is 0 Å². The Bertz CT molecular complexity index is 700. The molecule has 0 saturated carbocycles. The van der Waals surface area contributed by atoms with Crippen LogP contribution in [-0.2, 0) is 5.41 Å². The fraction of sp³-hybridized carbons (Fsp3) is 0.235. The number of hydrogen-bond donors (Lipinski definition) is 1. The van der Waals surface area contributed by atoms with Crippen LogP contribution in [0.1, 0.15) is 26.3 Å². The molecule has 0 aliphatic rings. The summed E-state index contributed by atoms with van der Waals surface area (Å²) in [6, 6.07) is 13.0. The summed E-state index contributed by atoms with van der Waals surface area (Å²) in [7, 11) is 0. The Hall–Kier alpha value is -2.09. The van der Waals surface area contributed by atoms with E-state index in [1.54, 1.807) is 0 Å². The molecule has 0 radical (unpaired) electrons. The largest absolute Gasteiger partial charge is 0.346 e. The maximum atomic E-state index is 4.33. The van der Waals surface area contributed by atoms with Gasteiger partial charge in [-0.2, -0.15) is 0 Å². The lowest BCUT2D eigenvalue weighted by atomic mass is 9.86. The van der Waals surface area contributed by atoms with Gasteiger partial charge in [0.05, 0.1) is 0 Å². The molecule has 2 heterocycles. The Labute approximate surface area is 113 Å². The van der Waals surface area contributed by atoms with Gasteiger partial charge in [0, 0.05) is 17.8 Å². The molecule has 2 aromatic heterocycles. The Morgan fingerprint density at radius 1 is 0.947 bits per heavy atom. The van der Waals surface area contributed by atoms with E-state index in [-0.39, 0.29) is 5.41 Å². The van der Waals surface area contributed by atoms with E-state index < -0.39 is 0 Å². The third kappa shape index (κ3) is 2.14. The van der Waals surface area contributed by atoms with Crippen LogP contribution in [0.25, 0.3) is 22.2 Å². The maximum absolute atomic E-state index is 4.33. The summed E-state index contributed by atoms with van der Waals surface area (Å²) in [5.74, 6) is 0. The average Bonchev–Trinajstić information content (AvgIpc) is 2.86. The summed E-state index contributed by atoms with van der Waals surface area (Å²) in [6.07, 6.45) is 3.79. The van der Waals surface area contributed by atoms with Gasteiger partial charge < -0.3 is 4.98 Å². The lowest BCUT2D eigenvalue weighted by Gasteiger charge is -2.19. The number of nitrogens with zero attached hydrogens (tertiary/aromatic N) is 1. The lowest BCUT2D eigenvalue weighted by Crippen LogP contribution is -2.10. The summed E-state index contributed by atoms with van der Waals surface area (Å²) in [4.78, 5) is 7.48. The Kier molecular flexibility index (Phi) is 2.67. The highest BCUT2D eigenvalue weighted by molar-refractivity contribution is 5.92. The second-order valence-electron chi connectivity index (χ2n) is 5.93. The molecule has 3 rings (SSSR count). The molecule has 0 saturated heterocycles. The van der Waals surface area contributed by atoms with Crippen LogP contribution in [0, 0.1) is 0 Å². The van der Waals surface area contributed by atoms with Crippen LogP contribution in [0.3, 0.4) is 0 Å². The highest BCUT2D eigenvalue weighted by Gasteiger charge is 2.13. The Balaban J connectivity index is 2.10. The van der Waals surface area contributed by atoms with Crippen LogP contribution in [-0.4, -0.2) is 9.97 Å². The van der Waals surface area contributed by atoms with Gasteiger partial charge in [0.1, 0.15) is 5.65 Å². The van der Waals surface area contributed by atoms with Crippen LogP contribution >= 0.6 is 0 Å². The topological polar surface area (TPSA) is 28.7 Å². The number of hydrogen-bond acceptors (Lipinski definition) is 1. The number of benzene rings is 1. The zero-order chi connectivity index (χ0) is 13.5. The van der Waals surface area contributed by atoms with Gasteiger partial charge in [-0.3, -0.25) is 0 Å². The van der Waals surface area contributed by atoms with Gasteiger partial charge in [-0.05, 0) is 34.2 Å². The van der Waals surface area contributed by atoms with Crippen LogP contribution in [0.5, 0.6) is 0 Å². The molecule has 1 aromatic carbocycles. The van der Waals surface area contributed by atoms with E-state index in [0.29, 0.717) is 0 Å². The molecule has 2 heteroatoms. The number of H-pyrrole nitrogens is 1. The van der Waals surface area contributed by atoms with Crippen molar-refractivity contribution < 1.29 is 0 Å². The molecular formula is C17H18N2. The highest BCUT2D eigenvalue weighted by atomic mass is 14.8. The van der Waals surface area contributed by atoms with E-state index in [0.717, 1.165) is 5.65 Å². The molecule has 0 fully saturated rings. The number of fused-ring (bicyclic) bond motifs is 1. The minimum absolute atomic E-state index is 0.195. The van der Waals surface area contributed by atoms with E-state index in [1.807, 2.05) is 12.4 Å². The SMILES string of the molecule is CC(C)(C)c1ccc(-c2ccnc3[nH]ccc23)cc1. The van der Waals surface area contributed by atoms with Gasteiger partial charge in [0.25, 0.3) is 0 Å². The summed E-state index contributed by atoms with van der Waals surface area (Å²) in [6.45, 7) is 6.70. The quantitative estimate of drug-likeness (QED) is 0.675. The van der Waals surface area contributed by atoms with Gasteiger partial charge in [-0.25, -0.2) is 4.98 Å². The second-order valence-corrected chi connectivity index (χ2v) is 5.93. The van der Waals surface area contributed by atoms with Crippen molar-refractivity contribution in [2.75, 3.05) is 0 Å². The molecule has 3 aromatic rings. The number of pyridine rings is 1. The van der Waals surface area contributed by atoms with Crippen molar-refractivity contribution in [1.82, 2.24) is 9.97 Å². The van der Waals surface area contributed by atoms with Gasteiger partial charge in [0.15, 0.2) is 0 Å². The molecule has 2 nitrogen and oxygen atoms in total. The first-order valence-corrected chi connectivity index (χ1v) is 6.59. The number of aromatic nitrogens is 2. The summed E-state index contributed by atoms with van der Waals surface area (Å²) >= 11 is 0. The maximum Gasteiger partial charge on any atom is 0.137 e. The van der Waals surface area contributed by atoms with Crippen molar-refractivity contribution >= 4 is 11.0 Å². The second kappa shape index (κ2) is 4.23. The fourth-order valence-corrected chi connectivity index (χ4v) is 2.36. The first kappa shape index (κ1) is 12.0. The first-order chi connectivity index (χ1) is 9.05. The predicted molar refractivity (Wildman–Crippen MR) is 80.2 cm³/mol. The molecule has 1 N–H and O–H groups in total. The molecule has 0 amide bonds. The lowest BCUT2D eigenvalue weighted by molar-refractivity contribution is 0.590. The molecule has 0 aliphatic heterocycles. The van der Waals surface area contributed by atoms with E-state index in [2.05, 4.69) is 67.1 Å². The molecule has 0 bridgehead atoms. The summed E-state index contributed by atoms with van der Waals surface area (Å²) in [5, 5.41) is 1.17. The Morgan fingerprint density at radius 3 is 2.37 bits per heavy atom. The summed E-state index contributed by atoms with van der Waals surface area (Å²) < 4.78 is 0. The van der Waals surface area contributed by atoms with Crippen LogP contribution in [0.4, 0.5) is 0 Å². The monoisotopic (exact) mass is 250 g/mol. The van der Waals surface area contributed by atoms with Crippen molar-refractivity contribution in [1.29, 1.82) is 0 Å². The number of rotatable bonds is 1. The normalized spacial score (nSPS) is 11.9. The number of nitrogens with one attached hydrogen (secondary N) is 1. The van der Waals surface area contributed by atoms with Crippen molar-refractivity contribution in [3.05, 3.63) is 54.4 Å². The highest BCUT2D eigenvalue weighted by Crippen LogP contribution is 2.29. The third-order valence-electron chi connectivity index (χ3n) is 3.52. The fourth-order valence-electron chi connectivity index (χ4n) is 2.36. The van der Waals surface area contributed by atoms with Crippen LogP contribution in [0.15, 0.2) is 48.8 Å². The molecule has 19 heavy (non-hydrogen) atoms. The number of aromatic amines is 1. The zero-order valence-corrected chi connectivity index (χ0v) is 11.6. The first-order valence-electron chi connectivity index (χ1n) is 6.59. The molecule has 0 atom stereocenters. The molecule has 96 valence electrons. The Morgan fingerprint density at radius 2 is 1.68 bits per heavy atom. The van der Waals surface area contributed by atoms with E-state index in [4.69, 9.17) is 0 Å². The molecule has 0 aliphatic carbocycles. The van der Waals surface area contributed by atoms with E-state index >= 15 is 0 Å². The average molecular weight is 250 g/mol. The van der Waals surface area contributed by atoms with Crippen molar-refractivity contribution in [3.63, 3.8) is 0 Å². The van der Waals surface area contributed by atoms with Gasteiger partial charge in [-0.1, -0.05) is 45.0 Å². The standard InChI is InChI=1S/C17H18N2/c1-17(2,3)13-6-4-12(5-7-13)14-8-10-18-16-15(14)9-11-19-16/h4-11H,1-3H3,(H,18,19). The predicted octanol–water partition coefficient (Wildman–Crippen LogP) is 4.53. The van der Waals surface area contributed by atoms with Crippen molar-refractivity contribution in [3.8, 4) is 11.1 Å². The summed E-state index contributed by atoms with van der Waals surface area (Å²) in [5.41, 5.74) is 4.96. The third-order valence-corrected chi connectivity index (χ3v) is 3.52. The van der Waals surface area contributed by atoms with Crippen molar-refractivity contribution in [2.24, 2.45) is 0 Å². The van der Waals surface area contributed by atoms with Crippen molar-refractivity contribution in [2.45, 2.75) is 26.2 Å². The molecule has 0 unspecified atom stereocenters. The molecule has 0 spiro atoms. The van der Waals surface area contributed by atoms with Gasteiger partial charge in [0.2, 0.25) is 0 Å². The molecular weight excluding hydrogens is 232 g/mol.